The summed E-state index contributed by atoms with van der Waals surface area (Å²) in [7, 11) is 1.53. The van der Waals surface area contributed by atoms with Gasteiger partial charge in [0.25, 0.3) is 5.91 Å². The predicted molar refractivity (Wildman–Crippen MR) is 75.6 cm³/mol. The molecule has 21 heavy (non-hydrogen) atoms. The lowest BCUT2D eigenvalue weighted by molar-refractivity contribution is -0.136. The molecule has 0 aliphatic heterocycles. The number of ether oxygens (including phenoxy) is 1. The molecule has 0 atom stereocenters. The Kier molecular flexibility index (Phi) is 6.28. The van der Waals surface area contributed by atoms with Gasteiger partial charge in [-0.15, -0.1) is 0 Å². The van der Waals surface area contributed by atoms with Crippen molar-refractivity contribution in [3.05, 3.63) is 36.0 Å². The van der Waals surface area contributed by atoms with Gasteiger partial charge in [-0.2, -0.15) is 5.26 Å². The smallest absolute Gasteiger partial charge is 0.305 e. The molecule has 7 nitrogen and oxygen atoms in total. The lowest BCUT2D eigenvalue weighted by atomic mass is 10.2. The van der Waals surface area contributed by atoms with E-state index in [0.717, 1.165) is 0 Å². The third-order valence-electron chi connectivity index (χ3n) is 2.44. The van der Waals surface area contributed by atoms with Crippen molar-refractivity contribution in [3.63, 3.8) is 0 Å². The highest BCUT2D eigenvalue weighted by Crippen LogP contribution is 2.15. The van der Waals surface area contributed by atoms with Crippen molar-refractivity contribution in [1.82, 2.24) is 5.32 Å². The summed E-state index contributed by atoms with van der Waals surface area (Å²) in [6.07, 6.45) is 1.09. The second-order valence-corrected chi connectivity index (χ2v) is 3.95. The number of carbonyl (C=O) groups is 2. The summed E-state index contributed by atoms with van der Waals surface area (Å²) in [5.74, 6) is -0.887. The third kappa shape index (κ3) is 5.65. The van der Waals surface area contributed by atoms with E-state index in [1.807, 2.05) is 0 Å². The summed E-state index contributed by atoms with van der Waals surface area (Å²) in [5, 5.41) is 22.5. The van der Waals surface area contributed by atoms with E-state index < -0.39 is 11.9 Å². The Morgan fingerprint density at radius 3 is 2.57 bits per heavy atom. The molecule has 0 fully saturated rings. The molecule has 7 heteroatoms. The van der Waals surface area contributed by atoms with Crippen LogP contribution in [0.1, 0.15) is 6.42 Å². The number of methoxy groups -OCH3 is 1. The van der Waals surface area contributed by atoms with Crippen LogP contribution < -0.4 is 15.4 Å². The molecular weight excluding hydrogens is 274 g/mol. The molecule has 1 amide bonds. The van der Waals surface area contributed by atoms with Gasteiger partial charge in [0.15, 0.2) is 0 Å². The van der Waals surface area contributed by atoms with Crippen molar-refractivity contribution in [2.75, 3.05) is 19.0 Å². The average Bonchev–Trinajstić information content (AvgIpc) is 2.47. The molecule has 0 saturated carbocycles. The lowest BCUT2D eigenvalue weighted by Gasteiger charge is -2.06. The summed E-state index contributed by atoms with van der Waals surface area (Å²) in [5.41, 5.74) is 0.378. The van der Waals surface area contributed by atoms with Crippen LogP contribution in [0.15, 0.2) is 36.0 Å². The maximum absolute atomic E-state index is 11.8. The fourth-order valence-electron chi connectivity index (χ4n) is 1.37. The molecule has 0 bridgehead atoms. The number of nitriles is 1. The largest absolute Gasteiger partial charge is 0.497 e. The SMILES string of the molecule is COc1ccc(NC(=O)/C(C#N)=C\NCCC(=O)O)cc1. The number of nitrogens with one attached hydrogen (secondary N) is 2. The van der Waals surface area contributed by atoms with E-state index in [9.17, 15) is 9.59 Å². The number of carboxylic acids is 1. The number of amides is 1. The quantitative estimate of drug-likeness (QED) is 0.394. The Balaban J connectivity index is 2.59. The predicted octanol–water partition coefficient (Wildman–Crippen LogP) is 1.11. The molecule has 1 rings (SSSR count). The van der Waals surface area contributed by atoms with Gasteiger partial charge in [0, 0.05) is 18.4 Å². The van der Waals surface area contributed by atoms with Crippen LogP contribution in [-0.2, 0) is 9.59 Å². The fraction of sp³-hybridized carbons (Fsp3) is 0.214. The highest BCUT2D eigenvalue weighted by atomic mass is 16.5. The standard InChI is InChI=1S/C14H15N3O4/c1-21-12-4-2-11(3-5-12)17-14(20)10(8-15)9-16-7-6-13(18)19/h2-5,9,16H,6-7H2,1H3,(H,17,20)(H,18,19)/b10-9-. The van der Waals surface area contributed by atoms with Crippen LogP contribution in [0.2, 0.25) is 0 Å². The minimum absolute atomic E-state index is 0.102. The monoisotopic (exact) mass is 289 g/mol. The minimum Gasteiger partial charge on any atom is -0.497 e. The van der Waals surface area contributed by atoms with Crippen molar-refractivity contribution in [1.29, 1.82) is 5.26 Å². The maximum atomic E-state index is 11.8. The molecule has 110 valence electrons. The number of rotatable bonds is 7. The summed E-state index contributed by atoms with van der Waals surface area (Å²) >= 11 is 0. The van der Waals surface area contributed by atoms with Gasteiger partial charge < -0.3 is 20.5 Å². The molecule has 0 radical (unpaired) electrons. The van der Waals surface area contributed by atoms with E-state index in [1.165, 1.54) is 13.3 Å². The van der Waals surface area contributed by atoms with Crippen LogP contribution >= 0.6 is 0 Å². The highest BCUT2D eigenvalue weighted by molar-refractivity contribution is 6.06. The van der Waals surface area contributed by atoms with E-state index in [1.54, 1.807) is 30.3 Å². The Morgan fingerprint density at radius 2 is 2.05 bits per heavy atom. The molecule has 0 spiro atoms. The van der Waals surface area contributed by atoms with Crippen LogP contribution in [0.3, 0.4) is 0 Å². The summed E-state index contributed by atoms with van der Waals surface area (Å²) < 4.78 is 4.99. The minimum atomic E-state index is -0.961. The van der Waals surface area contributed by atoms with E-state index in [-0.39, 0.29) is 18.5 Å². The number of hydrogen-bond donors (Lipinski definition) is 3. The number of hydrogen-bond acceptors (Lipinski definition) is 5. The number of anilines is 1. The van der Waals surface area contributed by atoms with Crippen LogP contribution in [-0.4, -0.2) is 30.6 Å². The zero-order chi connectivity index (χ0) is 15.7. The number of carbonyl (C=O) groups excluding carboxylic acids is 1. The molecule has 1 aromatic carbocycles. The van der Waals surface area contributed by atoms with Crippen molar-refractivity contribution >= 4 is 17.6 Å². The van der Waals surface area contributed by atoms with Gasteiger partial charge in [-0.1, -0.05) is 0 Å². The van der Waals surface area contributed by atoms with Gasteiger partial charge in [0.1, 0.15) is 17.4 Å². The molecule has 0 aliphatic rings. The number of aliphatic carboxylic acids is 1. The Hall–Kier alpha value is -3.01. The number of benzene rings is 1. The normalized spacial score (nSPS) is 10.4. The second kappa shape index (κ2) is 8.22. The molecule has 0 saturated heterocycles. The van der Waals surface area contributed by atoms with Crippen molar-refractivity contribution in [2.24, 2.45) is 0 Å². The zero-order valence-corrected chi connectivity index (χ0v) is 11.4. The average molecular weight is 289 g/mol. The first kappa shape index (κ1) is 16.0. The number of carboxylic acid groups (broad SMARTS) is 1. The van der Waals surface area contributed by atoms with Crippen LogP contribution in [0.25, 0.3) is 0 Å². The van der Waals surface area contributed by atoms with Crippen LogP contribution in [0, 0.1) is 11.3 Å². The van der Waals surface area contributed by atoms with Gasteiger partial charge in [0.05, 0.1) is 13.5 Å². The van der Waals surface area contributed by atoms with Crippen LogP contribution in [0.4, 0.5) is 5.69 Å². The van der Waals surface area contributed by atoms with E-state index in [2.05, 4.69) is 10.6 Å². The van der Waals surface area contributed by atoms with E-state index in [0.29, 0.717) is 11.4 Å². The van der Waals surface area contributed by atoms with Crippen LogP contribution in [0.5, 0.6) is 5.75 Å². The van der Waals surface area contributed by atoms with Gasteiger partial charge in [-0.3, -0.25) is 9.59 Å². The summed E-state index contributed by atoms with van der Waals surface area (Å²) in [6, 6.07) is 8.39. The van der Waals surface area contributed by atoms with Gasteiger partial charge >= 0.3 is 5.97 Å². The molecule has 0 unspecified atom stereocenters. The first-order chi connectivity index (χ1) is 10.1. The van der Waals surface area contributed by atoms with Crippen molar-refractivity contribution in [2.45, 2.75) is 6.42 Å². The maximum Gasteiger partial charge on any atom is 0.305 e. The molecule has 0 heterocycles. The first-order valence-electron chi connectivity index (χ1n) is 6.07. The first-order valence-corrected chi connectivity index (χ1v) is 6.07. The zero-order valence-electron chi connectivity index (χ0n) is 11.4. The van der Waals surface area contributed by atoms with Gasteiger partial charge in [0.2, 0.25) is 0 Å². The van der Waals surface area contributed by atoms with Crippen molar-refractivity contribution in [3.8, 4) is 11.8 Å². The molecule has 0 aromatic heterocycles. The summed E-state index contributed by atoms with van der Waals surface area (Å²) in [4.78, 5) is 22.2. The Labute approximate surface area is 121 Å². The molecular formula is C14H15N3O4. The van der Waals surface area contributed by atoms with E-state index in [4.69, 9.17) is 15.1 Å². The molecule has 1 aromatic rings. The Bertz CT molecular complexity index is 573. The topological polar surface area (TPSA) is 111 Å². The lowest BCUT2D eigenvalue weighted by Crippen LogP contribution is -2.18. The highest BCUT2D eigenvalue weighted by Gasteiger charge is 2.09. The van der Waals surface area contributed by atoms with Gasteiger partial charge in [-0.25, -0.2) is 0 Å². The fourth-order valence-corrected chi connectivity index (χ4v) is 1.37. The molecule has 0 aliphatic carbocycles. The third-order valence-corrected chi connectivity index (χ3v) is 2.44. The van der Waals surface area contributed by atoms with Crippen molar-refractivity contribution < 1.29 is 19.4 Å². The van der Waals surface area contributed by atoms with E-state index >= 15 is 0 Å². The second-order valence-electron chi connectivity index (χ2n) is 3.95. The number of nitrogens with zero attached hydrogens (tertiary/aromatic N) is 1. The Morgan fingerprint density at radius 1 is 1.38 bits per heavy atom. The molecule has 3 N–H and O–H groups in total. The summed E-state index contributed by atoms with van der Waals surface area (Å²) in [6.45, 7) is 0.135. The van der Waals surface area contributed by atoms with Gasteiger partial charge in [-0.05, 0) is 24.3 Å².